The minimum atomic E-state index is -0.175. The Bertz CT molecular complexity index is 556. The molecule has 0 saturated carbocycles. The van der Waals surface area contributed by atoms with Crippen molar-refractivity contribution in [1.29, 1.82) is 0 Å². The van der Waals surface area contributed by atoms with Gasteiger partial charge >= 0.3 is 0 Å². The molecule has 1 heteroatoms. The van der Waals surface area contributed by atoms with E-state index in [2.05, 4.69) is 46.8 Å². The molecule has 0 fully saturated rings. The van der Waals surface area contributed by atoms with Crippen molar-refractivity contribution in [2.45, 2.75) is 59.3 Å². The summed E-state index contributed by atoms with van der Waals surface area (Å²) in [6.45, 7) is 11.3. The third-order valence-electron chi connectivity index (χ3n) is 4.80. The quantitative estimate of drug-likeness (QED) is 0.622. The molecule has 0 amide bonds. The maximum absolute atomic E-state index is 13.1. The van der Waals surface area contributed by atoms with Crippen LogP contribution in [0.3, 0.4) is 0 Å². The van der Waals surface area contributed by atoms with E-state index in [1.807, 2.05) is 12.1 Å². The average molecular weight is 286 g/mol. The van der Waals surface area contributed by atoms with Gasteiger partial charge in [-0.2, -0.15) is 0 Å². The summed E-state index contributed by atoms with van der Waals surface area (Å²) < 4.78 is 13.1. The van der Waals surface area contributed by atoms with E-state index < -0.39 is 0 Å². The van der Waals surface area contributed by atoms with Crippen molar-refractivity contribution < 1.29 is 4.39 Å². The summed E-state index contributed by atoms with van der Waals surface area (Å²) in [6.07, 6.45) is 8.32. The van der Waals surface area contributed by atoms with Crippen molar-refractivity contribution in [3.05, 3.63) is 58.9 Å². The molecule has 0 nitrogen and oxygen atoms in total. The van der Waals surface area contributed by atoms with Crippen molar-refractivity contribution in [3.63, 3.8) is 0 Å². The maximum atomic E-state index is 13.1. The first kappa shape index (κ1) is 16.0. The predicted octanol–water partition coefficient (Wildman–Crippen LogP) is 6.19. The van der Waals surface area contributed by atoms with Crippen LogP contribution in [0.1, 0.15) is 59.4 Å². The van der Waals surface area contributed by atoms with Crippen LogP contribution in [0, 0.1) is 11.2 Å². The number of halogens is 1. The third-order valence-corrected chi connectivity index (χ3v) is 4.80. The zero-order valence-electron chi connectivity index (χ0n) is 14.0. The lowest BCUT2D eigenvalue weighted by molar-refractivity contribution is 0.376. The van der Waals surface area contributed by atoms with Crippen molar-refractivity contribution in [2.75, 3.05) is 0 Å². The maximum Gasteiger partial charge on any atom is 0.123 e. The zero-order valence-corrected chi connectivity index (χ0v) is 14.0. The molecule has 0 aliphatic heterocycles. The Hall–Kier alpha value is -1.37. The summed E-state index contributed by atoms with van der Waals surface area (Å²) in [5.41, 5.74) is 4.31. The molecule has 21 heavy (non-hydrogen) atoms. The van der Waals surface area contributed by atoms with Crippen molar-refractivity contribution in [1.82, 2.24) is 0 Å². The summed E-state index contributed by atoms with van der Waals surface area (Å²) in [5, 5.41) is 0. The van der Waals surface area contributed by atoms with Crippen LogP contribution in [0.5, 0.6) is 0 Å². The molecule has 0 aromatic heterocycles. The van der Waals surface area contributed by atoms with Crippen LogP contribution in [0.2, 0.25) is 0 Å². The molecular weight excluding hydrogens is 259 g/mol. The van der Waals surface area contributed by atoms with Gasteiger partial charge in [-0.25, -0.2) is 4.39 Å². The first-order valence-corrected chi connectivity index (χ1v) is 7.88. The van der Waals surface area contributed by atoms with E-state index in [9.17, 15) is 4.39 Å². The SMILES string of the molecule is CC1=C(/C=C/C(C)(C)c2ccc(F)cc2)C(C)(C)CCC1. The lowest BCUT2D eigenvalue weighted by Gasteiger charge is -2.33. The molecule has 0 atom stereocenters. The first-order chi connectivity index (χ1) is 9.72. The van der Waals surface area contributed by atoms with E-state index in [1.165, 1.54) is 30.4 Å². The number of hydrogen-bond acceptors (Lipinski definition) is 0. The highest BCUT2D eigenvalue weighted by atomic mass is 19.1. The minimum Gasteiger partial charge on any atom is -0.207 e. The van der Waals surface area contributed by atoms with Crippen molar-refractivity contribution in [2.24, 2.45) is 5.41 Å². The molecule has 1 aliphatic rings. The largest absolute Gasteiger partial charge is 0.207 e. The van der Waals surface area contributed by atoms with Crippen LogP contribution in [0.15, 0.2) is 47.6 Å². The summed E-state index contributed by atoms with van der Waals surface area (Å²) in [7, 11) is 0. The van der Waals surface area contributed by atoms with Gasteiger partial charge in [0, 0.05) is 5.41 Å². The number of rotatable bonds is 3. The molecule has 0 unspecified atom stereocenters. The second-order valence-corrected chi connectivity index (χ2v) is 7.49. The third kappa shape index (κ3) is 3.64. The zero-order chi connectivity index (χ0) is 15.7. The summed E-state index contributed by atoms with van der Waals surface area (Å²) in [4.78, 5) is 0. The topological polar surface area (TPSA) is 0 Å². The molecule has 1 aromatic rings. The van der Waals surface area contributed by atoms with Crippen LogP contribution in [0.4, 0.5) is 4.39 Å². The Labute approximate surface area is 128 Å². The van der Waals surface area contributed by atoms with Gasteiger partial charge in [-0.3, -0.25) is 0 Å². The van der Waals surface area contributed by atoms with E-state index in [0.29, 0.717) is 0 Å². The molecular formula is C20H27F. The minimum absolute atomic E-state index is 0.0888. The molecule has 114 valence electrons. The summed E-state index contributed by atoms with van der Waals surface area (Å²) >= 11 is 0. The molecule has 0 N–H and O–H groups in total. The van der Waals surface area contributed by atoms with Gasteiger partial charge < -0.3 is 0 Å². The van der Waals surface area contributed by atoms with Gasteiger partial charge in [-0.05, 0) is 54.9 Å². The van der Waals surface area contributed by atoms with Gasteiger partial charge in [-0.1, -0.05) is 57.6 Å². The van der Waals surface area contributed by atoms with Gasteiger partial charge in [0.2, 0.25) is 0 Å². The van der Waals surface area contributed by atoms with E-state index in [4.69, 9.17) is 0 Å². The van der Waals surface area contributed by atoms with Gasteiger partial charge in [0.05, 0.1) is 0 Å². The molecule has 1 aliphatic carbocycles. The highest BCUT2D eigenvalue weighted by Crippen LogP contribution is 2.41. The lowest BCUT2D eigenvalue weighted by Crippen LogP contribution is -2.20. The fourth-order valence-corrected chi connectivity index (χ4v) is 3.28. The molecule has 2 rings (SSSR count). The Kier molecular flexibility index (Phi) is 4.41. The molecule has 0 bridgehead atoms. The normalized spacial score (nSPS) is 19.3. The Morgan fingerprint density at radius 3 is 2.33 bits per heavy atom. The highest BCUT2D eigenvalue weighted by molar-refractivity contribution is 5.37. The Morgan fingerprint density at radius 1 is 1.14 bits per heavy atom. The van der Waals surface area contributed by atoms with Crippen LogP contribution in [-0.4, -0.2) is 0 Å². The van der Waals surface area contributed by atoms with E-state index >= 15 is 0 Å². The van der Waals surface area contributed by atoms with E-state index in [-0.39, 0.29) is 16.6 Å². The molecule has 0 radical (unpaired) electrons. The van der Waals surface area contributed by atoms with Crippen LogP contribution in [0.25, 0.3) is 0 Å². The van der Waals surface area contributed by atoms with Crippen LogP contribution in [-0.2, 0) is 5.41 Å². The average Bonchev–Trinajstić information content (AvgIpc) is 2.37. The first-order valence-electron chi connectivity index (χ1n) is 7.88. The lowest BCUT2D eigenvalue weighted by atomic mass is 9.72. The monoisotopic (exact) mass is 286 g/mol. The molecule has 1 aromatic carbocycles. The summed E-state index contributed by atoms with van der Waals surface area (Å²) in [5.74, 6) is -0.175. The Balaban J connectivity index is 2.28. The number of allylic oxidation sites excluding steroid dienone is 4. The number of hydrogen-bond donors (Lipinski definition) is 0. The number of benzene rings is 1. The van der Waals surface area contributed by atoms with Gasteiger partial charge in [0.25, 0.3) is 0 Å². The van der Waals surface area contributed by atoms with E-state index in [1.54, 1.807) is 12.1 Å². The highest BCUT2D eigenvalue weighted by Gasteiger charge is 2.27. The summed E-state index contributed by atoms with van der Waals surface area (Å²) in [6, 6.07) is 6.85. The second kappa shape index (κ2) is 5.79. The van der Waals surface area contributed by atoms with Gasteiger partial charge in [0.1, 0.15) is 5.82 Å². The predicted molar refractivity (Wildman–Crippen MR) is 88.9 cm³/mol. The second-order valence-electron chi connectivity index (χ2n) is 7.49. The molecule has 0 saturated heterocycles. The van der Waals surface area contributed by atoms with Crippen LogP contribution < -0.4 is 0 Å². The fourth-order valence-electron chi connectivity index (χ4n) is 3.28. The van der Waals surface area contributed by atoms with Gasteiger partial charge in [0.15, 0.2) is 0 Å². The van der Waals surface area contributed by atoms with Crippen LogP contribution >= 0.6 is 0 Å². The molecule has 0 heterocycles. The van der Waals surface area contributed by atoms with E-state index in [0.717, 1.165) is 5.56 Å². The van der Waals surface area contributed by atoms with Crippen molar-refractivity contribution in [3.8, 4) is 0 Å². The standard InChI is InChI=1S/C20H27F/c1-15-7-6-13-20(4,5)18(15)12-14-19(2,3)16-8-10-17(21)11-9-16/h8-12,14H,6-7,13H2,1-5H3/b14-12+. The van der Waals surface area contributed by atoms with Crippen molar-refractivity contribution >= 4 is 0 Å². The van der Waals surface area contributed by atoms with Gasteiger partial charge in [-0.15, -0.1) is 0 Å². The molecule has 0 spiro atoms. The smallest absolute Gasteiger partial charge is 0.123 e. The fraction of sp³-hybridized carbons (Fsp3) is 0.500. The Morgan fingerprint density at radius 2 is 1.76 bits per heavy atom.